The van der Waals surface area contributed by atoms with Gasteiger partial charge >= 0.3 is 159 Å². The van der Waals surface area contributed by atoms with Crippen LogP contribution in [0.1, 0.15) is 25.2 Å². The molecule has 0 radical (unpaired) electrons. The molecule has 1 aromatic carbocycles. The minimum atomic E-state index is 0.333. The maximum absolute atomic E-state index is 5.25. The van der Waals surface area contributed by atoms with E-state index in [2.05, 4.69) is 42.5 Å². The molecule has 0 amide bonds. The Morgan fingerprint density at radius 2 is 2.00 bits per heavy atom. The van der Waals surface area contributed by atoms with Crippen LogP contribution in [0.15, 0.2) is 29.4 Å². The normalized spacial score (nSPS) is 16.6. The number of benzene rings is 1. The van der Waals surface area contributed by atoms with Crippen molar-refractivity contribution in [1.82, 2.24) is 19.5 Å². The average Bonchev–Trinajstić information content (AvgIpc) is 3.08. The van der Waals surface area contributed by atoms with Gasteiger partial charge in [-0.3, -0.25) is 0 Å². The number of hydrogen-bond acceptors (Lipinski definition) is 6. The van der Waals surface area contributed by atoms with Crippen molar-refractivity contribution in [3.8, 4) is 5.75 Å². The van der Waals surface area contributed by atoms with Crippen LogP contribution in [0.25, 0.3) is 11.2 Å². The maximum atomic E-state index is 5.25. The van der Waals surface area contributed by atoms with E-state index in [0.717, 1.165) is 65.4 Å². The Bertz CT molecular complexity index is 991. The molecule has 0 spiro atoms. The third-order valence-corrected chi connectivity index (χ3v) is 8.98. The van der Waals surface area contributed by atoms with Gasteiger partial charge in [0.15, 0.2) is 0 Å². The Morgan fingerprint density at radius 3 is 2.69 bits per heavy atom. The van der Waals surface area contributed by atoms with Crippen molar-refractivity contribution in [2.75, 3.05) is 25.1 Å². The van der Waals surface area contributed by atoms with Gasteiger partial charge in [0, 0.05) is 0 Å². The number of fused-ring (bicyclic) bond motifs is 1. The first-order chi connectivity index (χ1) is 14.1. The number of anilines is 1. The Hall–Kier alpha value is -3.28. The van der Waals surface area contributed by atoms with Crippen LogP contribution in [0, 0.1) is 0 Å². The van der Waals surface area contributed by atoms with Crippen molar-refractivity contribution in [2.45, 2.75) is 44.5 Å². The van der Waals surface area contributed by atoms with Crippen molar-refractivity contribution in [2.24, 2.45) is 7.05 Å². The number of hydrogen-bond donors (Lipinski definition) is 0. The fraction of sp³-hybridized carbons (Fsp3) is 0.476. The van der Waals surface area contributed by atoms with E-state index in [4.69, 9.17) is 19.7 Å². The summed E-state index contributed by atoms with van der Waals surface area (Å²) >= 11 is 1.68. The Kier molecular flexibility index (Phi) is 5.25. The van der Waals surface area contributed by atoms with E-state index >= 15 is 0 Å². The summed E-state index contributed by atoms with van der Waals surface area (Å²) in [5.74, 6) is 3.78. The summed E-state index contributed by atoms with van der Waals surface area (Å²) in [7, 11) is 3.75. The Balaban J connectivity index is 1.66. The van der Waals surface area contributed by atoms with Crippen molar-refractivity contribution in [1.29, 1.82) is 0 Å². The molecule has 0 aliphatic carbocycles. The second kappa shape index (κ2) is 7.99. The van der Waals surface area contributed by atoms with Crippen LogP contribution in [0.4, 0.5) is 5.82 Å². The molecule has 8 heteroatoms. The van der Waals surface area contributed by atoms with E-state index in [9.17, 15) is 0 Å². The van der Waals surface area contributed by atoms with Crippen LogP contribution in [0.3, 0.4) is 0 Å². The molecule has 2 aromatic heterocycles. The number of ether oxygens (including phenoxy) is 1. The predicted molar refractivity (Wildman–Crippen MR) is 115 cm³/mol. The average molecular weight is 657 g/mol. The Labute approximate surface area is 171 Å². The molecule has 4 rings (SSSR count). The number of imidazole rings is 1. The fourth-order valence-electron chi connectivity index (χ4n) is 3.38. The molecular formula is C21H27N5NoOS. The van der Waals surface area contributed by atoms with E-state index in [1.54, 1.807) is 18.9 Å². The fourth-order valence-corrected chi connectivity index (χ4v) is 6.93. The molecule has 0 bridgehead atoms. The van der Waals surface area contributed by atoms with Crippen molar-refractivity contribution in [3.63, 3.8) is 0 Å². The first-order valence-corrected chi connectivity index (χ1v) is 13.6. The van der Waals surface area contributed by atoms with Crippen molar-refractivity contribution < 1.29 is 4.74 Å². The molecule has 6 nitrogen and oxygen atoms in total. The van der Waals surface area contributed by atoms with Gasteiger partial charge in [-0.1, -0.05) is 0 Å². The van der Waals surface area contributed by atoms with Crippen LogP contribution >= 0.6 is 11.8 Å². The Morgan fingerprint density at radius 1 is 1.21 bits per heavy atom. The number of methoxy groups -OCH3 is 1. The van der Waals surface area contributed by atoms with E-state index in [-0.39, 0.29) is 0 Å². The van der Waals surface area contributed by atoms with Gasteiger partial charge in [0.1, 0.15) is 0 Å². The number of rotatable bonds is 6. The van der Waals surface area contributed by atoms with Gasteiger partial charge in [-0.25, -0.2) is 0 Å². The first kappa shape index (κ1) is 19.1. The van der Waals surface area contributed by atoms with Crippen LogP contribution in [-0.4, -0.2) is 39.7 Å². The molecule has 29 heavy (non-hydrogen) atoms. The molecule has 0 N–H and O–H groups in total. The summed E-state index contributed by atoms with van der Waals surface area (Å²) in [5, 5.41) is 0.821. The summed E-state index contributed by atoms with van der Waals surface area (Å²) in [5.41, 5.74) is 3.12. The zero-order valence-electron chi connectivity index (χ0n) is 17.2. The molecule has 1 saturated heterocycles. The molecule has 1 atom stereocenters. The third-order valence-electron chi connectivity index (χ3n) is 4.96. The van der Waals surface area contributed by atoms with Gasteiger partial charge in [0.05, 0.1) is 7.11 Å². The monoisotopic (exact) mass is 656 g/mol. The summed E-state index contributed by atoms with van der Waals surface area (Å²) in [6.07, 6.45) is 1.68. The van der Waals surface area contributed by atoms with Gasteiger partial charge in [-0.2, -0.15) is 0 Å². The molecule has 1 aliphatic rings. The van der Waals surface area contributed by atoms with Gasteiger partial charge in [0.2, 0.25) is 0 Å². The van der Waals surface area contributed by atoms with Crippen molar-refractivity contribution in [3.05, 3.63) is 35.7 Å². The SMILES string of the molecule is CCc1nc2c(N3C[CH2][No][C@H](C)C3)nc(SCc3ccc(OC)cc3)nc2n1C. The van der Waals surface area contributed by atoms with Crippen LogP contribution in [-0.2, 0) is 19.2 Å². The summed E-state index contributed by atoms with van der Waals surface area (Å²) in [6.45, 7) is 7.99. The molecule has 1 fully saturated rings. The van der Waals surface area contributed by atoms with Gasteiger partial charge in [-0.15, -0.1) is 0 Å². The van der Waals surface area contributed by atoms with Gasteiger partial charge < -0.3 is 4.74 Å². The van der Waals surface area contributed by atoms with Gasteiger partial charge in [-0.05, 0) is 0 Å². The molecule has 0 saturated carbocycles. The molecule has 3 heterocycles. The van der Waals surface area contributed by atoms with E-state index in [1.165, 1.54) is 12.5 Å². The first-order valence-electron chi connectivity index (χ1n) is 9.76. The number of aromatic nitrogens is 4. The standard InChI is InChI=1S/C21H27N5OS.No/c1-6-13-26(8-3)20-18-19(25(4)17(7-2)22-18)23-21(24-20)28-14-15-9-11-16(27-5)12-10-15;/h6,9-12H,3,7-8,13-14H2,1-2,4-5H3;. The van der Waals surface area contributed by atoms with Crippen LogP contribution < -0.4 is 9.64 Å². The molecule has 162 valence electrons. The minimum absolute atomic E-state index is 0.333. The second-order valence-electron chi connectivity index (χ2n) is 6.94. The predicted octanol–water partition coefficient (Wildman–Crippen LogP) is 4.36. The van der Waals surface area contributed by atoms with Crippen LogP contribution in [0.2, 0.25) is 13.3 Å². The molecule has 0 unspecified atom stereocenters. The van der Waals surface area contributed by atoms with Crippen LogP contribution in [0.5, 0.6) is 5.75 Å². The molecule has 3 aromatic rings. The zero-order valence-corrected chi connectivity index (χ0v) is 20.3. The van der Waals surface area contributed by atoms with Gasteiger partial charge in [0.25, 0.3) is 0 Å². The number of thioether (sulfide) groups is 1. The third kappa shape index (κ3) is 3.83. The quantitative estimate of drug-likeness (QED) is 0.291. The number of nitrogens with zero attached hydrogens (tertiary/aromatic N) is 5. The summed E-state index contributed by atoms with van der Waals surface area (Å²) in [4.78, 5) is 17.2. The zero-order chi connectivity index (χ0) is 20.4. The molecule has 1 aliphatic heterocycles. The summed E-state index contributed by atoms with van der Waals surface area (Å²) < 4.78 is 7.71. The number of aryl methyl sites for hydroxylation is 2. The second-order valence-corrected chi connectivity index (χ2v) is 12.1. The summed E-state index contributed by atoms with van der Waals surface area (Å²) in [6, 6.07) is 8.19. The van der Waals surface area contributed by atoms with E-state index in [1.807, 2.05) is 12.1 Å². The van der Waals surface area contributed by atoms with E-state index in [0.29, 0.717) is 0 Å². The topological polar surface area (TPSA) is 56.1 Å². The van der Waals surface area contributed by atoms with Crippen molar-refractivity contribution >= 4 is 28.7 Å². The molecular weight excluding hydrogens is 629 g/mol. The van der Waals surface area contributed by atoms with E-state index < -0.39 is 0 Å².